The monoisotopic (exact) mass is 270 g/mol. The first kappa shape index (κ1) is 11.7. The number of nitrogens with one attached hydrogen (secondary N) is 1. The molecule has 0 bridgehead atoms. The van der Waals surface area contributed by atoms with Crippen LogP contribution < -0.4 is 10.5 Å². The summed E-state index contributed by atoms with van der Waals surface area (Å²) in [4.78, 5) is 0. The van der Waals surface area contributed by atoms with Gasteiger partial charge >= 0.3 is 0 Å². The second-order valence-corrected chi connectivity index (χ2v) is 6.17. The number of hydrogen-bond acceptors (Lipinski definition) is 5. The van der Waals surface area contributed by atoms with Gasteiger partial charge in [-0.2, -0.15) is 0 Å². The first-order valence-corrected chi connectivity index (χ1v) is 7.00. The van der Waals surface area contributed by atoms with E-state index < -0.39 is 10.0 Å². The van der Waals surface area contributed by atoms with Gasteiger partial charge in [0.25, 0.3) is 10.0 Å². The van der Waals surface area contributed by atoms with Gasteiger partial charge in [0.15, 0.2) is 0 Å². The Morgan fingerprint density at radius 3 is 2.65 bits per heavy atom. The van der Waals surface area contributed by atoms with Gasteiger partial charge in [0, 0.05) is 11.8 Å². The maximum atomic E-state index is 11.9. The molecule has 2 aromatic rings. The number of sulfonamides is 1. The maximum Gasteiger partial charge on any atom is 0.271 e. The van der Waals surface area contributed by atoms with E-state index in [0.29, 0.717) is 5.69 Å². The van der Waals surface area contributed by atoms with Crippen molar-refractivity contribution in [2.24, 2.45) is 0 Å². The molecular weight excluding hydrogens is 260 g/mol. The molecular formula is C10H10N2O3S2. The van der Waals surface area contributed by atoms with Gasteiger partial charge in [0.2, 0.25) is 0 Å². The first-order chi connectivity index (χ1) is 7.99. The summed E-state index contributed by atoms with van der Waals surface area (Å²) >= 11 is 1.10. The molecule has 1 aromatic heterocycles. The van der Waals surface area contributed by atoms with Crippen LogP contribution in [0.1, 0.15) is 0 Å². The van der Waals surface area contributed by atoms with Crippen molar-refractivity contribution < 1.29 is 13.5 Å². The molecule has 17 heavy (non-hydrogen) atoms. The Bertz CT molecular complexity index is 621. The molecule has 0 aliphatic carbocycles. The van der Waals surface area contributed by atoms with Gasteiger partial charge < -0.3 is 10.8 Å². The predicted molar refractivity (Wildman–Crippen MR) is 67.6 cm³/mol. The molecule has 0 atom stereocenters. The summed E-state index contributed by atoms with van der Waals surface area (Å²) in [5, 5.41) is 11.2. The Morgan fingerprint density at radius 2 is 2.06 bits per heavy atom. The topological polar surface area (TPSA) is 92.4 Å². The van der Waals surface area contributed by atoms with Gasteiger partial charge in [0.05, 0.1) is 5.69 Å². The van der Waals surface area contributed by atoms with Gasteiger partial charge in [-0.3, -0.25) is 4.72 Å². The smallest absolute Gasteiger partial charge is 0.271 e. The molecule has 90 valence electrons. The average Bonchev–Trinajstić information content (AvgIpc) is 2.76. The lowest BCUT2D eigenvalue weighted by molar-refractivity contribution is 0.478. The predicted octanol–water partition coefficient (Wildman–Crippen LogP) is 1.84. The van der Waals surface area contributed by atoms with Crippen LogP contribution in [0.5, 0.6) is 5.75 Å². The van der Waals surface area contributed by atoms with Crippen molar-refractivity contribution >= 4 is 32.7 Å². The fourth-order valence-corrected chi connectivity index (χ4v) is 3.31. The molecule has 0 saturated heterocycles. The van der Waals surface area contributed by atoms with Crippen LogP contribution in [-0.2, 0) is 10.0 Å². The summed E-state index contributed by atoms with van der Waals surface area (Å²) in [7, 11) is -3.64. The third kappa shape index (κ3) is 2.51. The third-order valence-corrected chi connectivity index (χ3v) is 4.79. The molecule has 0 aliphatic rings. The quantitative estimate of drug-likeness (QED) is 0.586. The minimum Gasteiger partial charge on any atom is -0.506 e. The Hall–Kier alpha value is -1.73. The van der Waals surface area contributed by atoms with Crippen LogP contribution in [0.2, 0.25) is 0 Å². The minimum atomic E-state index is -3.64. The van der Waals surface area contributed by atoms with Crippen LogP contribution >= 0.6 is 11.3 Å². The standard InChI is InChI=1S/C10H10N2O3S2/c11-7-3-4-8(9(13)6-7)12-17(14,15)10-2-1-5-16-10/h1-6,12-13H,11H2. The fourth-order valence-electron chi connectivity index (χ4n) is 1.25. The molecule has 0 unspecified atom stereocenters. The minimum absolute atomic E-state index is 0.104. The molecule has 0 amide bonds. The Labute approximate surface area is 103 Å². The summed E-state index contributed by atoms with van der Waals surface area (Å²) < 4.78 is 26.2. The number of thiophene rings is 1. The molecule has 0 fully saturated rings. The molecule has 1 heterocycles. The number of nitrogens with two attached hydrogens (primary N) is 1. The normalized spacial score (nSPS) is 11.3. The molecule has 0 aliphatic heterocycles. The second-order valence-electron chi connectivity index (χ2n) is 3.31. The number of hydrogen-bond donors (Lipinski definition) is 3. The zero-order valence-electron chi connectivity index (χ0n) is 8.62. The number of rotatable bonds is 3. The van der Waals surface area contributed by atoms with E-state index in [4.69, 9.17) is 5.73 Å². The molecule has 1 aromatic carbocycles. The lowest BCUT2D eigenvalue weighted by Crippen LogP contribution is -2.11. The number of nitrogen functional groups attached to an aromatic ring is 1. The van der Waals surface area contributed by atoms with Gasteiger partial charge in [-0.25, -0.2) is 8.42 Å². The lowest BCUT2D eigenvalue weighted by Gasteiger charge is -2.08. The van der Waals surface area contributed by atoms with E-state index >= 15 is 0 Å². The van der Waals surface area contributed by atoms with Crippen molar-refractivity contribution in [1.82, 2.24) is 0 Å². The highest BCUT2D eigenvalue weighted by Crippen LogP contribution is 2.28. The Morgan fingerprint density at radius 1 is 1.29 bits per heavy atom. The second kappa shape index (κ2) is 4.27. The van der Waals surface area contributed by atoms with Gasteiger partial charge in [-0.15, -0.1) is 11.3 Å². The van der Waals surface area contributed by atoms with Crippen LogP contribution in [0.4, 0.5) is 11.4 Å². The third-order valence-electron chi connectivity index (χ3n) is 2.03. The number of aromatic hydroxyl groups is 1. The van der Waals surface area contributed by atoms with Crippen LogP contribution in [0.3, 0.4) is 0 Å². The van der Waals surface area contributed by atoms with E-state index in [1.807, 2.05) is 0 Å². The van der Waals surface area contributed by atoms with Gasteiger partial charge in [0.1, 0.15) is 9.96 Å². The summed E-state index contributed by atoms with van der Waals surface area (Å²) in [6, 6.07) is 7.33. The highest BCUT2D eigenvalue weighted by atomic mass is 32.2. The first-order valence-electron chi connectivity index (χ1n) is 4.64. The van der Waals surface area contributed by atoms with E-state index in [9.17, 15) is 13.5 Å². The molecule has 0 saturated carbocycles. The van der Waals surface area contributed by atoms with E-state index in [-0.39, 0.29) is 15.6 Å². The van der Waals surface area contributed by atoms with Crippen molar-refractivity contribution in [3.05, 3.63) is 35.7 Å². The van der Waals surface area contributed by atoms with Crippen LogP contribution in [0, 0.1) is 0 Å². The van der Waals surface area contributed by atoms with Crippen LogP contribution in [0.15, 0.2) is 39.9 Å². The van der Waals surface area contributed by atoms with Crippen molar-refractivity contribution in [2.75, 3.05) is 10.5 Å². The SMILES string of the molecule is Nc1ccc(NS(=O)(=O)c2cccs2)c(O)c1. The maximum absolute atomic E-state index is 11.9. The molecule has 7 heteroatoms. The van der Waals surface area contributed by atoms with E-state index in [1.165, 1.54) is 24.3 Å². The molecule has 5 nitrogen and oxygen atoms in total. The number of anilines is 2. The summed E-state index contributed by atoms with van der Waals surface area (Å²) in [6.07, 6.45) is 0. The van der Waals surface area contributed by atoms with Crippen molar-refractivity contribution in [1.29, 1.82) is 0 Å². The average molecular weight is 270 g/mol. The van der Waals surface area contributed by atoms with E-state index in [2.05, 4.69) is 4.72 Å². The molecule has 2 rings (SSSR count). The number of benzene rings is 1. The van der Waals surface area contributed by atoms with Crippen LogP contribution in [0.25, 0.3) is 0 Å². The highest BCUT2D eigenvalue weighted by molar-refractivity contribution is 7.94. The van der Waals surface area contributed by atoms with Gasteiger partial charge in [-0.1, -0.05) is 6.07 Å². The van der Waals surface area contributed by atoms with Crippen molar-refractivity contribution in [2.45, 2.75) is 4.21 Å². The van der Waals surface area contributed by atoms with Crippen molar-refractivity contribution in [3.8, 4) is 5.75 Å². The van der Waals surface area contributed by atoms with Crippen molar-refractivity contribution in [3.63, 3.8) is 0 Å². The van der Waals surface area contributed by atoms with Crippen LogP contribution in [-0.4, -0.2) is 13.5 Å². The fraction of sp³-hybridized carbons (Fsp3) is 0. The largest absolute Gasteiger partial charge is 0.506 e. The zero-order valence-corrected chi connectivity index (χ0v) is 10.3. The van der Waals surface area contributed by atoms with E-state index in [0.717, 1.165) is 11.3 Å². The number of phenolic OH excluding ortho intramolecular Hbond substituents is 1. The highest BCUT2D eigenvalue weighted by Gasteiger charge is 2.16. The molecule has 0 radical (unpaired) electrons. The Balaban J connectivity index is 2.33. The summed E-state index contributed by atoms with van der Waals surface area (Å²) in [5.41, 5.74) is 5.92. The van der Waals surface area contributed by atoms with E-state index in [1.54, 1.807) is 11.4 Å². The molecule has 4 N–H and O–H groups in total. The lowest BCUT2D eigenvalue weighted by atomic mass is 10.3. The zero-order chi connectivity index (χ0) is 12.5. The van der Waals surface area contributed by atoms with Gasteiger partial charge in [-0.05, 0) is 23.6 Å². The number of phenols is 1. The summed E-state index contributed by atoms with van der Waals surface area (Å²) in [5.74, 6) is -0.204. The molecule has 0 spiro atoms. The summed E-state index contributed by atoms with van der Waals surface area (Å²) in [6.45, 7) is 0. The Kier molecular flexibility index (Phi) is 2.95.